The van der Waals surface area contributed by atoms with Crippen LogP contribution in [0.15, 0.2) is 48.6 Å². The molecule has 0 N–H and O–H groups in total. The molecule has 0 aliphatic heterocycles. The summed E-state index contributed by atoms with van der Waals surface area (Å²) < 4.78 is 0. The van der Waals surface area contributed by atoms with Crippen LogP contribution in [-0.2, 0) is 0 Å². The van der Waals surface area contributed by atoms with Crippen LogP contribution in [-0.4, -0.2) is 15.0 Å². The molecule has 1 saturated carbocycles. The summed E-state index contributed by atoms with van der Waals surface area (Å²) in [6.07, 6.45) is 8.00. The summed E-state index contributed by atoms with van der Waals surface area (Å²) >= 11 is 0. The molecule has 0 bridgehead atoms. The number of hydrogen-bond acceptors (Lipinski definition) is 3. The first kappa shape index (κ1) is 18.1. The smallest absolute Gasteiger partial charge is 0.163 e. The van der Waals surface area contributed by atoms with Gasteiger partial charge in [0, 0.05) is 11.1 Å². The average Bonchev–Trinajstić information content (AvgIpc) is 3.44. The quantitative estimate of drug-likeness (QED) is 0.734. The van der Waals surface area contributed by atoms with Crippen LogP contribution < -0.4 is 0 Å². The number of aryl methyl sites for hydroxylation is 1. The molecule has 126 valence electrons. The molecule has 2 aliphatic rings. The number of benzene rings is 1. The van der Waals surface area contributed by atoms with Gasteiger partial charge in [0.15, 0.2) is 11.6 Å². The van der Waals surface area contributed by atoms with Gasteiger partial charge in [-0.25, -0.2) is 15.0 Å². The summed E-state index contributed by atoms with van der Waals surface area (Å²) in [5, 5.41) is 0. The Balaban J connectivity index is 0.000000487. The number of nitrogens with zero attached hydrogens (tertiary/aromatic N) is 3. The fraction of sp³-hybridized carbons (Fsp3) is 0.381. The first-order valence-electron chi connectivity index (χ1n) is 8.98. The highest BCUT2D eigenvalue weighted by atomic mass is 15.0. The maximum Gasteiger partial charge on any atom is 0.163 e. The molecule has 2 aromatic rings. The van der Waals surface area contributed by atoms with E-state index in [1.165, 1.54) is 6.42 Å². The van der Waals surface area contributed by atoms with E-state index in [0.717, 1.165) is 34.5 Å². The van der Waals surface area contributed by atoms with E-state index in [1.807, 2.05) is 65.0 Å². The minimum atomic E-state index is 0.701. The van der Waals surface area contributed by atoms with E-state index in [2.05, 4.69) is 33.2 Å². The van der Waals surface area contributed by atoms with Gasteiger partial charge >= 0.3 is 0 Å². The maximum atomic E-state index is 4.64. The van der Waals surface area contributed by atoms with Crippen molar-refractivity contribution in [2.75, 3.05) is 0 Å². The van der Waals surface area contributed by atoms with Crippen LogP contribution in [0.2, 0.25) is 0 Å². The monoisotopic (exact) mass is 321 g/mol. The van der Waals surface area contributed by atoms with Crippen LogP contribution in [0.25, 0.3) is 17.0 Å². The SMILES string of the molecule is CC.CC.Cc1nc(C2=CC3CC3C=C2)nc(-c2ccccc2)n1. The summed E-state index contributed by atoms with van der Waals surface area (Å²) in [7, 11) is 0. The van der Waals surface area contributed by atoms with Gasteiger partial charge < -0.3 is 0 Å². The Kier molecular flexibility index (Phi) is 6.42. The second kappa shape index (κ2) is 8.53. The molecule has 0 saturated heterocycles. The summed E-state index contributed by atoms with van der Waals surface area (Å²) in [5.74, 6) is 3.77. The van der Waals surface area contributed by atoms with Gasteiger partial charge in [-0.2, -0.15) is 0 Å². The van der Waals surface area contributed by atoms with E-state index in [4.69, 9.17) is 0 Å². The van der Waals surface area contributed by atoms with Crippen LogP contribution in [0.5, 0.6) is 0 Å². The summed E-state index contributed by atoms with van der Waals surface area (Å²) in [5.41, 5.74) is 2.16. The highest BCUT2D eigenvalue weighted by molar-refractivity contribution is 5.73. The molecule has 3 nitrogen and oxygen atoms in total. The van der Waals surface area contributed by atoms with Gasteiger partial charge in [0.2, 0.25) is 0 Å². The zero-order chi connectivity index (χ0) is 17.5. The predicted octanol–water partition coefficient (Wildman–Crippen LogP) is 5.49. The molecule has 0 spiro atoms. The van der Waals surface area contributed by atoms with Crippen LogP contribution in [0.4, 0.5) is 0 Å². The van der Waals surface area contributed by atoms with Crippen molar-refractivity contribution in [3.05, 3.63) is 60.2 Å². The molecule has 2 aliphatic carbocycles. The standard InChI is InChI=1S/C17H15N3.2C2H6/c1-11-18-16(12-5-3-2-4-6-12)20-17(19-11)14-8-7-13-9-15(13)10-14;2*1-2/h2-8,10,13,15H,9H2,1H3;2*1-2H3. The van der Waals surface area contributed by atoms with Crippen LogP contribution in [0.3, 0.4) is 0 Å². The van der Waals surface area contributed by atoms with Gasteiger partial charge in [0.1, 0.15) is 5.82 Å². The summed E-state index contributed by atoms with van der Waals surface area (Å²) in [4.78, 5) is 13.6. The Morgan fingerprint density at radius 3 is 2.17 bits per heavy atom. The highest BCUT2D eigenvalue weighted by Crippen LogP contribution is 2.45. The lowest BCUT2D eigenvalue weighted by Gasteiger charge is -2.08. The second-order valence-corrected chi connectivity index (χ2v) is 5.44. The lowest BCUT2D eigenvalue weighted by Crippen LogP contribution is -2.02. The summed E-state index contributed by atoms with van der Waals surface area (Å²) in [6, 6.07) is 10.1. The maximum absolute atomic E-state index is 4.64. The van der Waals surface area contributed by atoms with Crippen LogP contribution >= 0.6 is 0 Å². The van der Waals surface area contributed by atoms with Gasteiger partial charge in [-0.1, -0.05) is 76.3 Å². The number of hydrogen-bond donors (Lipinski definition) is 0. The zero-order valence-corrected chi connectivity index (χ0v) is 15.3. The van der Waals surface area contributed by atoms with E-state index in [1.54, 1.807) is 0 Å². The Hall–Kier alpha value is -2.29. The van der Waals surface area contributed by atoms with Crippen molar-refractivity contribution >= 4 is 5.57 Å². The minimum Gasteiger partial charge on any atom is -0.213 e. The first-order valence-corrected chi connectivity index (χ1v) is 8.98. The van der Waals surface area contributed by atoms with Crippen molar-refractivity contribution < 1.29 is 0 Å². The number of aromatic nitrogens is 3. The summed E-state index contributed by atoms with van der Waals surface area (Å²) in [6.45, 7) is 9.92. The van der Waals surface area contributed by atoms with Crippen molar-refractivity contribution in [1.82, 2.24) is 15.0 Å². The number of rotatable bonds is 2. The largest absolute Gasteiger partial charge is 0.213 e. The molecule has 3 heteroatoms. The van der Waals surface area contributed by atoms with Crippen molar-refractivity contribution in [2.24, 2.45) is 11.8 Å². The molecule has 24 heavy (non-hydrogen) atoms. The van der Waals surface area contributed by atoms with E-state index in [-0.39, 0.29) is 0 Å². The molecule has 2 atom stereocenters. The lowest BCUT2D eigenvalue weighted by molar-refractivity contribution is 0.943. The van der Waals surface area contributed by atoms with Crippen molar-refractivity contribution in [2.45, 2.75) is 41.0 Å². The molecule has 1 fully saturated rings. The second-order valence-electron chi connectivity index (χ2n) is 5.44. The Labute approximate surface area is 145 Å². The Bertz CT molecular complexity index is 717. The molecule has 0 amide bonds. The highest BCUT2D eigenvalue weighted by Gasteiger charge is 2.35. The van der Waals surface area contributed by atoms with Crippen LogP contribution in [0.1, 0.15) is 45.8 Å². The predicted molar refractivity (Wildman–Crippen MR) is 101 cm³/mol. The third-order valence-electron chi connectivity index (χ3n) is 3.85. The molecule has 1 heterocycles. The third kappa shape index (κ3) is 4.16. The molecule has 0 radical (unpaired) electrons. The van der Waals surface area contributed by atoms with E-state index in [9.17, 15) is 0 Å². The fourth-order valence-corrected chi connectivity index (χ4v) is 2.64. The number of allylic oxidation sites excluding steroid dienone is 4. The molecular formula is C21H27N3. The molecule has 2 unspecified atom stereocenters. The van der Waals surface area contributed by atoms with E-state index >= 15 is 0 Å². The average molecular weight is 321 g/mol. The lowest BCUT2D eigenvalue weighted by atomic mass is 10.1. The Morgan fingerprint density at radius 1 is 0.833 bits per heavy atom. The van der Waals surface area contributed by atoms with Gasteiger partial charge in [-0.15, -0.1) is 0 Å². The molecule has 4 rings (SSSR count). The Morgan fingerprint density at radius 2 is 1.50 bits per heavy atom. The van der Waals surface area contributed by atoms with E-state index < -0.39 is 0 Å². The van der Waals surface area contributed by atoms with Crippen molar-refractivity contribution in [3.63, 3.8) is 0 Å². The van der Waals surface area contributed by atoms with Gasteiger partial charge in [0.25, 0.3) is 0 Å². The van der Waals surface area contributed by atoms with Gasteiger partial charge in [-0.05, 0) is 25.2 Å². The van der Waals surface area contributed by atoms with Crippen molar-refractivity contribution in [3.8, 4) is 11.4 Å². The fourth-order valence-electron chi connectivity index (χ4n) is 2.64. The topological polar surface area (TPSA) is 38.7 Å². The molecule has 1 aromatic carbocycles. The number of fused-ring (bicyclic) bond motifs is 1. The third-order valence-corrected chi connectivity index (χ3v) is 3.85. The van der Waals surface area contributed by atoms with Crippen LogP contribution in [0, 0.1) is 18.8 Å². The minimum absolute atomic E-state index is 0.701. The zero-order valence-electron chi connectivity index (χ0n) is 15.3. The molecule has 1 aromatic heterocycles. The van der Waals surface area contributed by atoms with Crippen molar-refractivity contribution in [1.29, 1.82) is 0 Å². The first-order chi connectivity index (χ1) is 11.8. The van der Waals surface area contributed by atoms with Gasteiger partial charge in [-0.3, -0.25) is 0 Å². The molecular weight excluding hydrogens is 294 g/mol. The normalized spacial score (nSPS) is 19.8. The van der Waals surface area contributed by atoms with E-state index in [0.29, 0.717) is 5.92 Å². The van der Waals surface area contributed by atoms with Gasteiger partial charge in [0.05, 0.1) is 0 Å².